The van der Waals surface area contributed by atoms with Crippen LogP contribution in [0.3, 0.4) is 0 Å². The Morgan fingerprint density at radius 1 is 0.611 bits per heavy atom. The molecular formula is C16H12N2. The number of H-pyrrole nitrogens is 1. The zero-order valence-corrected chi connectivity index (χ0v) is 9.77. The van der Waals surface area contributed by atoms with E-state index in [1.807, 2.05) is 6.20 Å². The number of para-hydroxylation sites is 2. The molecule has 0 saturated carbocycles. The van der Waals surface area contributed by atoms with Crippen LogP contribution in [0.4, 0.5) is 11.4 Å². The van der Waals surface area contributed by atoms with Crippen LogP contribution in [0.2, 0.25) is 0 Å². The summed E-state index contributed by atoms with van der Waals surface area (Å²) in [6, 6.07) is 18.9. The van der Waals surface area contributed by atoms with Gasteiger partial charge in [-0.15, -0.1) is 0 Å². The van der Waals surface area contributed by atoms with Crippen molar-refractivity contribution in [3.05, 3.63) is 60.8 Å². The summed E-state index contributed by atoms with van der Waals surface area (Å²) in [6.07, 6.45) is 2.00. The van der Waals surface area contributed by atoms with Crippen LogP contribution in [0, 0.1) is 0 Å². The topological polar surface area (TPSA) is 27.8 Å². The minimum atomic E-state index is 1.14. The van der Waals surface area contributed by atoms with Gasteiger partial charge in [0.15, 0.2) is 0 Å². The fourth-order valence-corrected chi connectivity index (χ4v) is 2.60. The first-order valence-electron chi connectivity index (χ1n) is 6.07. The molecule has 86 valence electrons. The number of anilines is 2. The molecule has 0 spiro atoms. The van der Waals surface area contributed by atoms with Gasteiger partial charge in [0.05, 0.1) is 5.69 Å². The van der Waals surface area contributed by atoms with Gasteiger partial charge in [0.1, 0.15) is 0 Å². The van der Waals surface area contributed by atoms with E-state index in [-0.39, 0.29) is 0 Å². The number of fused-ring (bicyclic) bond motifs is 5. The third kappa shape index (κ3) is 1.23. The van der Waals surface area contributed by atoms with Gasteiger partial charge in [0, 0.05) is 34.3 Å². The molecule has 2 heterocycles. The number of aromatic nitrogens is 1. The van der Waals surface area contributed by atoms with Crippen molar-refractivity contribution in [1.82, 2.24) is 4.98 Å². The monoisotopic (exact) mass is 232 g/mol. The molecule has 1 aliphatic rings. The Kier molecular flexibility index (Phi) is 1.86. The molecule has 2 aromatic carbocycles. The van der Waals surface area contributed by atoms with Gasteiger partial charge in [0.25, 0.3) is 0 Å². The summed E-state index contributed by atoms with van der Waals surface area (Å²) >= 11 is 0. The van der Waals surface area contributed by atoms with Crippen LogP contribution in [0.1, 0.15) is 0 Å². The summed E-state index contributed by atoms with van der Waals surface area (Å²) < 4.78 is 0. The molecule has 0 fully saturated rings. The molecule has 3 aromatic rings. The van der Waals surface area contributed by atoms with E-state index in [4.69, 9.17) is 0 Å². The third-order valence-corrected chi connectivity index (χ3v) is 3.43. The van der Waals surface area contributed by atoms with Crippen LogP contribution in [-0.4, -0.2) is 4.98 Å². The highest BCUT2D eigenvalue weighted by molar-refractivity contribution is 5.97. The summed E-state index contributed by atoms with van der Waals surface area (Å²) in [5.74, 6) is 0. The molecule has 1 aromatic heterocycles. The zero-order valence-electron chi connectivity index (χ0n) is 9.77. The van der Waals surface area contributed by atoms with Gasteiger partial charge in [0.2, 0.25) is 0 Å². The highest BCUT2D eigenvalue weighted by Gasteiger charge is 2.18. The molecule has 2 nitrogen and oxygen atoms in total. The summed E-state index contributed by atoms with van der Waals surface area (Å²) in [6.45, 7) is 0. The number of benzene rings is 2. The predicted molar refractivity (Wildman–Crippen MR) is 74.9 cm³/mol. The van der Waals surface area contributed by atoms with Crippen LogP contribution >= 0.6 is 0 Å². The number of nitrogens with one attached hydrogen (secondary N) is 2. The average molecular weight is 232 g/mol. The molecule has 18 heavy (non-hydrogen) atoms. The van der Waals surface area contributed by atoms with E-state index in [0.717, 1.165) is 11.4 Å². The molecule has 0 atom stereocenters. The second-order valence-electron chi connectivity index (χ2n) is 4.48. The number of aromatic amines is 1. The molecule has 2 N–H and O–H groups in total. The minimum absolute atomic E-state index is 1.14. The molecule has 2 heteroatoms. The van der Waals surface area contributed by atoms with Crippen molar-refractivity contribution < 1.29 is 0 Å². The lowest BCUT2D eigenvalue weighted by Crippen LogP contribution is -1.91. The molecule has 4 rings (SSSR count). The van der Waals surface area contributed by atoms with Crippen LogP contribution in [0.15, 0.2) is 60.8 Å². The quantitative estimate of drug-likeness (QED) is 0.462. The fraction of sp³-hybridized carbons (Fsp3) is 0. The Morgan fingerprint density at radius 3 is 2.11 bits per heavy atom. The Balaban J connectivity index is 2.12. The van der Waals surface area contributed by atoms with Crippen LogP contribution in [0.5, 0.6) is 0 Å². The van der Waals surface area contributed by atoms with Crippen molar-refractivity contribution >= 4 is 11.4 Å². The van der Waals surface area contributed by atoms with Crippen molar-refractivity contribution in [3.8, 4) is 22.4 Å². The normalized spacial score (nSPS) is 11.8. The fourth-order valence-electron chi connectivity index (χ4n) is 2.60. The number of rotatable bonds is 0. The van der Waals surface area contributed by atoms with Gasteiger partial charge < -0.3 is 10.3 Å². The van der Waals surface area contributed by atoms with Crippen molar-refractivity contribution in [2.75, 3.05) is 5.32 Å². The summed E-state index contributed by atoms with van der Waals surface area (Å²) in [7, 11) is 0. The lowest BCUT2D eigenvalue weighted by Gasteiger charge is -2.09. The first-order chi connectivity index (χ1) is 8.93. The second-order valence-corrected chi connectivity index (χ2v) is 4.48. The summed E-state index contributed by atoms with van der Waals surface area (Å²) in [5, 5.41) is 3.52. The standard InChI is InChI=1S/C16H12N2/c1-3-7-14-11(5-1)12-9-10-17-16(12)13-6-2-4-8-15(13)18-14/h1-10,17-18H. The van der Waals surface area contributed by atoms with E-state index >= 15 is 0 Å². The predicted octanol–water partition coefficient (Wildman–Crippen LogP) is 4.41. The Morgan fingerprint density at radius 2 is 1.28 bits per heavy atom. The number of hydrogen-bond donors (Lipinski definition) is 2. The van der Waals surface area contributed by atoms with Crippen LogP contribution in [-0.2, 0) is 0 Å². The maximum absolute atomic E-state index is 3.52. The lowest BCUT2D eigenvalue weighted by molar-refractivity contribution is 1.40. The van der Waals surface area contributed by atoms with Crippen LogP contribution in [0.25, 0.3) is 22.4 Å². The lowest BCUT2D eigenvalue weighted by atomic mass is 10.0. The van der Waals surface area contributed by atoms with Crippen molar-refractivity contribution in [2.45, 2.75) is 0 Å². The van der Waals surface area contributed by atoms with E-state index in [0.29, 0.717) is 0 Å². The van der Waals surface area contributed by atoms with E-state index < -0.39 is 0 Å². The highest BCUT2D eigenvalue weighted by atomic mass is 14.9. The largest absolute Gasteiger partial charge is 0.361 e. The molecule has 0 bridgehead atoms. The van der Waals surface area contributed by atoms with E-state index in [2.05, 4.69) is 64.9 Å². The summed E-state index contributed by atoms with van der Waals surface area (Å²) in [5.41, 5.74) is 7.19. The van der Waals surface area contributed by atoms with E-state index in [9.17, 15) is 0 Å². The zero-order chi connectivity index (χ0) is 11.9. The molecule has 0 unspecified atom stereocenters. The second kappa shape index (κ2) is 3.50. The Hall–Kier alpha value is -2.48. The van der Waals surface area contributed by atoms with Gasteiger partial charge in [-0.3, -0.25) is 0 Å². The van der Waals surface area contributed by atoms with Gasteiger partial charge >= 0.3 is 0 Å². The Bertz CT molecular complexity index is 665. The first kappa shape index (κ1) is 9.54. The first-order valence-corrected chi connectivity index (χ1v) is 6.07. The molecule has 0 radical (unpaired) electrons. The average Bonchev–Trinajstić information content (AvgIpc) is 2.84. The number of hydrogen-bond acceptors (Lipinski definition) is 1. The minimum Gasteiger partial charge on any atom is -0.361 e. The van der Waals surface area contributed by atoms with Crippen molar-refractivity contribution in [2.24, 2.45) is 0 Å². The van der Waals surface area contributed by atoms with Crippen molar-refractivity contribution in [1.29, 1.82) is 0 Å². The molecular weight excluding hydrogens is 220 g/mol. The highest BCUT2D eigenvalue weighted by Crippen LogP contribution is 2.42. The Labute approximate surface area is 105 Å². The SMILES string of the molecule is c1ccc2c(c1)Nc1ccccc1-c1[nH]ccc1-2. The van der Waals surface area contributed by atoms with Crippen LogP contribution < -0.4 is 5.32 Å². The van der Waals surface area contributed by atoms with E-state index in [1.54, 1.807) is 0 Å². The van der Waals surface area contributed by atoms with E-state index in [1.165, 1.54) is 22.4 Å². The molecule has 0 amide bonds. The summed E-state index contributed by atoms with van der Waals surface area (Å²) in [4.78, 5) is 3.35. The maximum atomic E-state index is 3.52. The van der Waals surface area contributed by atoms with Crippen molar-refractivity contribution in [3.63, 3.8) is 0 Å². The van der Waals surface area contributed by atoms with Gasteiger partial charge in [-0.2, -0.15) is 0 Å². The van der Waals surface area contributed by atoms with Gasteiger partial charge in [-0.05, 0) is 18.2 Å². The molecule has 0 aliphatic carbocycles. The molecule has 1 aliphatic heterocycles. The maximum Gasteiger partial charge on any atom is 0.0555 e. The van der Waals surface area contributed by atoms with Gasteiger partial charge in [-0.25, -0.2) is 0 Å². The third-order valence-electron chi connectivity index (χ3n) is 3.43. The molecule has 0 saturated heterocycles. The van der Waals surface area contributed by atoms with Gasteiger partial charge in [-0.1, -0.05) is 36.4 Å². The smallest absolute Gasteiger partial charge is 0.0555 e.